The summed E-state index contributed by atoms with van der Waals surface area (Å²) in [6.45, 7) is 99.2. The molecule has 0 atom stereocenters. The van der Waals surface area contributed by atoms with E-state index in [4.69, 9.17) is 0 Å². The van der Waals surface area contributed by atoms with Gasteiger partial charge in [0.05, 0.1) is 33.5 Å². The van der Waals surface area contributed by atoms with E-state index in [2.05, 4.69) is 341 Å². The molecule has 7 aromatic heterocycles. The van der Waals surface area contributed by atoms with Crippen molar-refractivity contribution in [3.05, 3.63) is 258 Å². The first-order valence-electron chi connectivity index (χ1n) is 41.7. The fraction of sp³-hybridized carbons (Fsp3) is 0.434. The molecule has 10 nitrogen and oxygen atoms in total. The quantitative estimate of drug-likeness (QED) is 0.145. The molecular formula is C106H138N10. The van der Waals surface area contributed by atoms with Crippen molar-refractivity contribution in [1.82, 2.24) is 49.8 Å². The molecule has 0 spiro atoms. The second-order valence-corrected chi connectivity index (χ2v) is 34.4. The van der Waals surface area contributed by atoms with Crippen LogP contribution in [0.15, 0.2) is 0 Å². The first kappa shape index (κ1) is 91.7. The van der Waals surface area contributed by atoms with Crippen molar-refractivity contribution in [3.63, 3.8) is 0 Å². The molecule has 116 heavy (non-hydrogen) atoms. The van der Waals surface area contributed by atoms with Crippen molar-refractivity contribution in [2.75, 3.05) is 0 Å². The standard InChI is InChI=1S/4C16H21N.3C14H18N2/c4*1-8-9(2)11(4)16-14(7)17-13(6)12(5)15(16)10(8)3;2*1-7-8(2)10(4)14-13(9(7)3)11(5)15-12(6)16-14;1-7-8(2)10(4)14-13(9(7)3)15-11(5)12(6)16-14/h4*1-7H3;3*1-6H3. The Morgan fingerprint density at radius 2 is 0.233 bits per heavy atom. The molecule has 0 saturated heterocycles. The van der Waals surface area contributed by atoms with E-state index >= 15 is 0 Å². The highest BCUT2D eigenvalue weighted by molar-refractivity contribution is 5.99. The molecule has 0 radical (unpaired) electrons. The normalized spacial score (nSPS) is 11.2. The van der Waals surface area contributed by atoms with Crippen molar-refractivity contribution in [2.24, 2.45) is 0 Å². The van der Waals surface area contributed by atoms with Crippen molar-refractivity contribution in [2.45, 2.75) is 318 Å². The van der Waals surface area contributed by atoms with E-state index < -0.39 is 0 Å². The molecule has 14 aromatic rings. The van der Waals surface area contributed by atoms with E-state index in [0.717, 1.165) is 102 Å². The maximum Gasteiger partial charge on any atom is 0.126 e. The minimum atomic E-state index is 0.857. The van der Waals surface area contributed by atoms with E-state index in [1.165, 1.54) is 232 Å². The van der Waals surface area contributed by atoms with Crippen molar-refractivity contribution in [1.29, 1.82) is 0 Å². The average Bonchev–Trinajstić information content (AvgIpc) is 0.698. The van der Waals surface area contributed by atoms with Gasteiger partial charge in [-0.25, -0.2) is 29.9 Å². The van der Waals surface area contributed by atoms with Crippen LogP contribution in [0.2, 0.25) is 0 Å². The molecule has 0 fully saturated rings. The highest BCUT2D eigenvalue weighted by Gasteiger charge is 2.22. The summed E-state index contributed by atoms with van der Waals surface area (Å²) in [5.74, 6) is 1.71. The first-order chi connectivity index (χ1) is 53.7. The molecule has 612 valence electrons. The van der Waals surface area contributed by atoms with Gasteiger partial charge in [0.2, 0.25) is 0 Å². The predicted molar refractivity (Wildman–Crippen MR) is 503 cm³/mol. The third kappa shape index (κ3) is 16.6. The zero-order valence-corrected chi connectivity index (χ0v) is 80.5. The van der Waals surface area contributed by atoms with Crippen LogP contribution >= 0.6 is 0 Å². The lowest BCUT2D eigenvalue weighted by atomic mass is 9.89. The van der Waals surface area contributed by atoms with Crippen LogP contribution in [0.5, 0.6) is 0 Å². The summed E-state index contributed by atoms with van der Waals surface area (Å²) in [4.78, 5) is 46.1. The number of nitrogens with zero attached hydrogens (tertiary/aromatic N) is 10. The molecule has 0 N–H and O–H groups in total. The summed E-state index contributed by atoms with van der Waals surface area (Å²) in [6.07, 6.45) is 0. The lowest BCUT2D eigenvalue weighted by Gasteiger charge is -2.18. The van der Waals surface area contributed by atoms with Crippen LogP contribution < -0.4 is 0 Å². The molecule has 0 aliphatic heterocycles. The van der Waals surface area contributed by atoms with Gasteiger partial charge in [0.1, 0.15) is 11.6 Å². The molecule has 7 heterocycles. The lowest BCUT2D eigenvalue weighted by molar-refractivity contribution is 1.04. The third-order valence-corrected chi connectivity index (χ3v) is 28.2. The minimum absolute atomic E-state index is 0.857. The minimum Gasteiger partial charge on any atom is -0.258 e. The van der Waals surface area contributed by atoms with Gasteiger partial charge < -0.3 is 0 Å². The SMILES string of the molecule is Cc1nc(C)c2c(C)c(C)c(C)c(C)c2c1C.Cc1nc(C)c2c(C)c(C)c(C)c(C)c2c1C.Cc1nc(C)c2c(C)c(C)c(C)c(C)c2c1C.Cc1nc(C)c2c(C)c(C)c(C)c(C)c2c1C.Cc1nc(C)c2c(C)c(C)c(C)c(C)c2n1.Cc1nc(C)c2c(C)c(C)c(C)c(C)c2n1.Cc1nc2c(C)c(C)c(C)c(C)c2nc1C. The zero-order valence-electron chi connectivity index (χ0n) is 80.5. The van der Waals surface area contributed by atoms with E-state index in [1.54, 1.807) is 0 Å². The number of pyridine rings is 4. The number of rotatable bonds is 0. The van der Waals surface area contributed by atoms with E-state index in [0.29, 0.717) is 0 Å². The van der Waals surface area contributed by atoms with Gasteiger partial charge in [0.15, 0.2) is 0 Å². The Bertz CT molecular complexity index is 5800. The number of fused-ring (bicyclic) bond motifs is 7. The second kappa shape index (κ2) is 35.2. The van der Waals surface area contributed by atoms with Crippen molar-refractivity contribution in [3.8, 4) is 0 Å². The molecule has 7 aromatic carbocycles. The summed E-state index contributed by atoms with van der Waals surface area (Å²) >= 11 is 0. The summed E-state index contributed by atoms with van der Waals surface area (Å²) in [5.41, 5.74) is 61.4. The van der Waals surface area contributed by atoms with Crippen molar-refractivity contribution < 1.29 is 0 Å². The fourth-order valence-corrected chi connectivity index (χ4v) is 18.0. The molecular weight excluding hydrogens is 1410 g/mol. The monoisotopic (exact) mass is 1550 g/mol. The van der Waals surface area contributed by atoms with Crippen molar-refractivity contribution >= 4 is 75.9 Å². The maximum atomic E-state index is 4.68. The van der Waals surface area contributed by atoms with Gasteiger partial charge >= 0.3 is 0 Å². The topological polar surface area (TPSA) is 129 Å². The van der Waals surface area contributed by atoms with Gasteiger partial charge in [-0.2, -0.15) is 0 Å². The van der Waals surface area contributed by atoms with Crippen LogP contribution in [0.4, 0.5) is 0 Å². The molecule has 0 aliphatic rings. The zero-order chi connectivity index (χ0) is 87.7. The highest BCUT2D eigenvalue weighted by Crippen LogP contribution is 2.40. The predicted octanol–water partition coefficient (Wildman–Crippen LogP) is 28.0. The Morgan fingerprint density at radius 1 is 0.0862 bits per heavy atom. The van der Waals surface area contributed by atoms with Crippen LogP contribution in [0.25, 0.3) is 75.9 Å². The van der Waals surface area contributed by atoms with Gasteiger partial charge in [0, 0.05) is 89.3 Å². The van der Waals surface area contributed by atoms with E-state index in [1.807, 2.05) is 27.7 Å². The van der Waals surface area contributed by atoms with Gasteiger partial charge in [-0.15, -0.1) is 0 Å². The Hall–Kier alpha value is -9.80. The number of benzene rings is 7. The number of aromatic nitrogens is 10. The Balaban J connectivity index is 0.000000169. The molecule has 0 unspecified atom stereocenters. The van der Waals surface area contributed by atoms with Gasteiger partial charge in [-0.1, -0.05) is 0 Å². The number of hydrogen-bond acceptors (Lipinski definition) is 10. The summed E-state index contributed by atoms with van der Waals surface area (Å²) in [7, 11) is 0. The fourth-order valence-electron chi connectivity index (χ4n) is 18.0. The maximum absolute atomic E-state index is 4.68. The van der Waals surface area contributed by atoms with E-state index in [-0.39, 0.29) is 0 Å². The third-order valence-electron chi connectivity index (χ3n) is 28.2. The molecule has 0 bridgehead atoms. The Kier molecular flexibility index (Phi) is 27.8. The molecule has 0 amide bonds. The number of hydrogen-bond donors (Lipinski definition) is 0. The van der Waals surface area contributed by atoms with Gasteiger partial charge in [-0.3, -0.25) is 19.9 Å². The Labute approximate surface area is 698 Å². The van der Waals surface area contributed by atoms with Crippen LogP contribution in [-0.2, 0) is 0 Å². The van der Waals surface area contributed by atoms with Crippen LogP contribution in [0.3, 0.4) is 0 Å². The molecule has 10 heteroatoms. The van der Waals surface area contributed by atoms with E-state index in [9.17, 15) is 0 Å². The van der Waals surface area contributed by atoms with Gasteiger partial charge in [-0.05, 0) is 518 Å². The molecule has 0 saturated carbocycles. The van der Waals surface area contributed by atoms with Crippen LogP contribution in [-0.4, -0.2) is 49.8 Å². The molecule has 14 rings (SSSR count). The number of aryl methyl sites for hydroxylation is 32. The summed E-state index contributed by atoms with van der Waals surface area (Å²) in [5, 5.41) is 13.5. The van der Waals surface area contributed by atoms with Gasteiger partial charge in [0.25, 0.3) is 0 Å². The average molecular weight is 1550 g/mol. The summed E-state index contributed by atoms with van der Waals surface area (Å²) in [6, 6.07) is 0. The molecule has 0 aliphatic carbocycles. The summed E-state index contributed by atoms with van der Waals surface area (Å²) < 4.78 is 0. The smallest absolute Gasteiger partial charge is 0.126 e. The first-order valence-corrected chi connectivity index (χ1v) is 41.7. The highest BCUT2D eigenvalue weighted by atomic mass is 14.9. The largest absolute Gasteiger partial charge is 0.258 e. The Morgan fingerprint density at radius 3 is 0.422 bits per heavy atom. The second-order valence-electron chi connectivity index (χ2n) is 34.4. The van der Waals surface area contributed by atoms with Crippen LogP contribution in [0.1, 0.15) is 258 Å². The van der Waals surface area contributed by atoms with Crippen LogP contribution in [0, 0.1) is 318 Å². The lowest BCUT2D eigenvalue weighted by Crippen LogP contribution is -2.01.